The van der Waals surface area contributed by atoms with Crippen LogP contribution in [0.25, 0.3) is 0 Å². The predicted octanol–water partition coefficient (Wildman–Crippen LogP) is 1.31. The fourth-order valence-electron chi connectivity index (χ4n) is 2.91. The third kappa shape index (κ3) is 7.90. The SMILES string of the molecule is CNC(=O)[C@@H]1C[C@H](SCc2ccc(OC)cc2)C[N+]1(C)C.O=S(=O)([O-])F. The van der Waals surface area contributed by atoms with Crippen molar-refractivity contribution in [2.45, 2.75) is 23.5 Å². The van der Waals surface area contributed by atoms with E-state index in [-0.39, 0.29) is 11.9 Å². The van der Waals surface area contributed by atoms with E-state index in [1.807, 2.05) is 23.9 Å². The largest absolute Gasteiger partial charge is 0.722 e. The highest BCUT2D eigenvalue weighted by Gasteiger charge is 2.44. The highest BCUT2D eigenvalue weighted by Crippen LogP contribution is 2.33. The Morgan fingerprint density at radius 3 is 2.38 bits per heavy atom. The summed E-state index contributed by atoms with van der Waals surface area (Å²) in [5, 5.41) is 3.32. The lowest BCUT2D eigenvalue weighted by Gasteiger charge is -2.30. The Bertz CT molecular complexity index is 687. The molecule has 148 valence electrons. The summed E-state index contributed by atoms with van der Waals surface area (Å²) in [6.45, 7) is 1.04. The summed E-state index contributed by atoms with van der Waals surface area (Å²) in [5.74, 6) is 2.03. The van der Waals surface area contributed by atoms with Crippen LogP contribution in [0.1, 0.15) is 12.0 Å². The molecule has 1 aliphatic heterocycles. The number of carbonyl (C=O) groups is 1. The zero-order valence-corrected chi connectivity index (χ0v) is 16.9. The number of halogens is 1. The number of methoxy groups -OCH3 is 1. The molecular formula is C16H25FN2O5S2. The maximum absolute atomic E-state index is 12.0. The highest BCUT2D eigenvalue weighted by atomic mass is 32.3. The van der Waals surface area contributed by atoms with E-state index in [2.05, 4.69) is 31.5 Å². The normalized spacial score (nSPS) is 21.5. The van der Waals surface area contributed by atoms with Crippen molar-refractivity contribution in [1.82, 2.24) is 5.32 Å². The van der Waals surface area contributed by atoms with Crippen LogP contribution >= 0.6 is 11.8 Å². The van der Waals surface area contributed by atoms with Crippen molar-refractivity contribution in [2.75, 3.05) is 34.8 Å². The molecule has 1 fully saturated rings. The third-order valence-electron chi connectivity index (χ3n) is 4.20. The molecule has 0 aliphatic carbocycles. The molecule has 26 heavy (non-hydrogen) atoms. The Morgan fingerprint density at radius 1 is 1.38 bits per heavy atom. The number of rotatable bonds is 5. The molecule has 0 aromatic heterocycles. The molecular weight excluding hydrogens is 383 g/mol. The first-order chi connectivity index (χ1) is 12.0. The second-order valence-corrected chi connectivity index (χ2v) is 8.58. The number of ether oxygens (including phenoxy) is 1. The number of hydrogen-bond donors (Lipinski definition) is 1. The average Bonchev–Trinajstić information content (AvgIpc) is 2.85. The maximum atomic E-state index is 12.0. The standard InChI is InChI=1S/C16H24N2O2S.FHO3S/c1-17-16(19)15-9-14(10-18(15,2)3)21-11-12-5-7-13(20-4)8-6-12;1-5(2,3)4/h5-8,14-15H,9-11H2,1-4H3;(H,2,3,4)/t14-,15-;/m0./s1. The van der Waals surface area contributed by atoms with E-state index in [0.29, 0.717) is 5.25 Å². The zero-order chi connectivity index (χ0) is 20.0. The van der Waals surface area contributed by atoms with Crippen LogP contribution in [-0.4, -0.2) is 69.5 Å². The summed E-state index contributed by atoms with van der Waals surface area (Å²) in [5.41, 5.74) is 1.30. The summed E-state index contributed by atoms with van der Waals surface area (Å²) in [6.07, 6.45) is 0.952. The number of carbonyl (C=O) groups excluding carboxylic acids is 1. The lowest BCUT2D eigenvalue weighted by atomic mass is 10.2. The summed E-state index contributed by atoms with van der Waals surface area (Å²) in [7, 11) is 2.28. The molecule has 7 nitrogen and oxygen atoms in total. The first kappa shape index (κ1) is 22.7. The molecule has 2 atom stereocenters. The summed E-state index contributed by atoms with van der Waals surface area (Å²) in [6, 6.07) is 8.28. The van der Waals surface area contributed by atoms with Gasteiger partial charge in [0.1, 0.15) is 5.75 Å². The van der Waals surface area contributed by atoms with Crippen LogP contribution in [0.3, 0.4) is 0 Å². The number of likely N-dealkylation sites (N-methyl/N-ethyl adjacent to an activating group) is 2. The van der Waals surface area contributed by atoms with Crippen LogP contribution in [0.2, 0.25) is 0 Å². The second kappa shape index (κ2) is 9.54. The number of likely N-dealkylation sites (tertiary alicyclic amines) is 1. The molecule has 1 amide bonds. The van der Waals surface area contributed by atoms with E-state index >= 15 is 0 Å². The monoisotopic (exact) mass is 408 g/mol. The first-order valence-corrected chi connectivity index (χ1v) is 10.3. The Labute approximate surface area is 158 Å². The van der Waals surface area contributed by atoms with E-state index in [1.165, 1.54) is 5.56 Å². The van der Waals surface area contributed by atoms with Gasteiger partial charge in [0, 0.05) is 19.2 Å². The van der Waals surface area contributed by atoms with Gasteiger partial charge >= 0.3 is 0 Å². The molecule has 1 N–H and O–H groups in total. The lowest BCUT2D eigenvalue weighted by molar-refractivity contribution is -0.892. The minimum atomic E-state index is -5.42. The molecule has 1 heterocycles. The molecule has 0 radical (unpaired) electrons. The Hall–Kier alpha value is -1.36. The van der Waals surface area contributed by atoms with E-state index in [1.54, 1.807) is 14.2 Å². The molecule has 0 spiro atoms. The van der Waals surface area contributed by atoms with E-state index in [4.69, 9.17) is 17.7 Å². The molecule has 1 aromatic rings. The molecule has 1 saturated heterocycles. The van der Waals surface area contributed by atoms with Gasteiger partial charge in [-0.05, 0) is 17.7 Å². The van der Waals surface area contributed by atoms with Crippen molar-refractivity contribution in [1.29, 1.82) is 0 Å². The molecule has 1 aromatic carbocycles. The van der Waals surface area contributed by atoms with Crippen LogP contribution in [-0.2, 0) is 21.1 Å². The van der Waals surface area contributed by atoms with Crippen LogP contribution in [0, 0.1) is 0 Å². The van der Waals surface area contributed by atoms with Crippen molar-refractivity contribution in [3.8, 4) is 5.75 Å². The van der Waals surface area contributed by atoms with E-state index < -0.39 is 10.5 Å². The summed E-state index contributed by atoms with van der Waals surface area (Å²) >= 11 is 1.95. The van der Waals surface area contributed by atoms with E-state index in [9.17, 15) is 8.68 Å². The van der Waals surface area contributed by atoms with E-state index in [0.717, 1.165) is 29.0 Å². The third-order valence-corrected chi connectivity index (χ3v) is 5.51. The highest BCUT2D eigenvalue weighted by molar-refractivity contribution is 7.99. The van der Waals surface area contributed by atoms with Gasteiger partial charge in [0.25, 0.3) is 16.4 Å². The van der Waals surface area contributed by atoms with Crippen LogP contribution < -0.4 is 10.1 Å². The quantitative estimate of drug-likeness (QED) is 0.448. The van der Waals surface area contributed by atoms with Gasteiger partial charge in [-0.1, -0.05) is 12.1 Å². The first-order valence-electron chi connectivity index (χ1n) is 7.90. The Morgan fingerprint density at radius 2 is 1.92 bits per heavy atom. The zero-order valence-electron chi connectivity index (χ0n) is 15.3. The fourth-order valence-corrected chi connectivity index (χ4v) is 4.34. The van der Waals surface area contributed by atoms with Gasteiger partial charge < -0.3 is 19.1 Å². The smallest absolute Gasteiger partial charge is 0.278 e. The van der Waals surface area contributed by atoms with Crippen LogP contribution in [0.5, 0.6) is 5.75 Å². The molecule has 0 saturated carbocycles. The van der Waals surface area contributed by atoms with Crippen molar-refractivity contribution in [3.05, 3.63) is 29.8 Å². The fraction of sp³-hybridized carbons (Fsp3) is 0.562. The minimum Gasteiger partial charge on any atom is -0.722 e. The number of nitrogens with one attached hydrogen (secondary N) is 1. The molecule has 0 bridgehead atoms. The number of benzene rings is 1. The number of amides is 1. The van der Waals surface area contributed by atoms with Crippen molar-refractivity contribution >= 4 is 28.2 Å². The number of quaternary nitrogens is 1. The summed E-state index contributed by atoms with van der Waals surface area (Å²) in [4.78, 5) is 12.0. The van der Waals surface area contributed by atoms with Gasteiger partial charge in [-0.3, -0.25) is 4.79 Å². The minimum absolute atomic E-state index is 0.0726. The molecule has 0 unspecified atom stereocenters. The lowest BCUT2D eigenvalue weighted by Crippen LogP contribution is -2.51. The Balaban J connectivity index is 0.000000597. The maximum Gasteiger partial charge on any atom is 0.278 e. The topological polar surface area (TPSA) is 95.5 Å². The Kier molecular flexibility index (Phi) is 8.32. The number of nitrogens with zero attached hydrogens (tertiary/aromatic N) is 1. The summed E-state index contributed by atoms with van der Waals surface area (Å²) < 4.78 is 41.3. The van der Waals surface area contributed by atoms with Crippen LogP contribution in [0.4, 0.5) is 3.89 Å². The van der Waals surface area contributed by atoms with Crippen molar-refractivity contribution < 1.29 is 30.9 Å². The molecule has 2 rings (SSSR count). The predicted molar refractivity (Wildman–Crippen MR) is 98.3 cm³/mol. The molecule has 1 aliphatic rings. The number of thioether (sulfide) groups is 1. The van der Waals surface area contributed by atoms with Crippen molar-refractivity contribution in [2.24, 2.45) is 0 Å². The van der Waals surface area contributed by atoms with Crippen LogP contribution in [0.15, 0.2) is 24.3 Å². The average molecular weight is 409 g/mol. The number of hydrogen-bond acceptors (Lipinski definition) is 6. The van der Waals surface area contributed by atoms with Gasteiger partial charge in [-0.15, -0.1) is 15.6 Å². The van der Waals surface area contributed by atoms with Gasteiger partial charge in [0.15, 0.2) is 6.04 Å². The van der Waals surface area contributed by atoms with Gasteiger partial charge in [-0.25, -0.2) is 8.42 Å². The van der Waals surface area contributed by atoms with Gasteiger partial charge in [0.2, 0.25) is 0 Å². The molecule has 10 heteroatoms. The second-order valence-electron chi connectivity index (χ2n) is 6.50. The van der Waals surface area contributed by atoms with Gasteiger partial charge in [0.05, 0.1) is 33.0 Å². The van der Waals surface area contributed by atoms with Gasteiger partial charge in [-0.2, -0.15) is 0 Å². The van der Waals surface area contributed by atoms with Crippen molar-refractivity contribution in [3.63, 3.8) is 0 Å².